The molecule has 0 saturated heterocycles. The summed E-state index contributed by atoms with van der Waals surface area (Å²) >= 11 is 0. The van der Waals surface area contributed by atoms with Crippen molar-refractivity contribution in [3.05, 3.63) is 30.2 Å². The van der Waals surface area contributed by atoms with Gasteiger partial charge in [0.25, 0.3) is 0 Å². The number of hydrogen-bond donors (Lipinski definition) is 2. The Labute approximate surface area is 74.8 Å². The van der Waals surface area contributed by atoms with Gasteiger partial charge in [0.05, 0.1) is 18.1 Å². The molecular weight excluding hydrogens is 166 g/mol. The standard InChI is InChI=1S/C9H9N3O/c10-9(13)4-7-3-6-1-2-11-5-8(6)12-7/h1-3,5,12H,4H2,(H2,10,13). The number of carbonyl (C=O) groups is 1. The average molecular weight is 175 g/mol. The largest absolute Gasteiger partial charge is 0.369 e. The second-order valence-corrected chi connectivity index (χ2v) is 2.90. The Morgan fingerprint density at radius 1 is 1.62 bits per heavy atom. The molecule has 0 bridgehead atoms. The molecule has 2 heterocycles. The van der Waals surface area contributed by atoms with Gasteiger partial charge in [-0.3, -0.25) is 9.78 Å². The van der Waals surface area contributed by atoms with Crippen molar-refractivity contribution in [2.45, 2.75) is 6.42 Å². The van der Waals surface area contributed by atoms with Gasteiger partial charge in [0, 0.05) is 17.3 Å². The van der Waals surface area contributed by atoms with Crippen LogP contribution in [0.25, 0.3) is 10.9 Å². The Morgan fingerprint density at radius 3 is 3.15 bits per heavy atom. The molecule has 2 aromatic rings. The van der Waals surface area contributed by atoms with Gasteiger partial charge < -0.3 is 10.7 Å². The van der Waals surface area contributed by atoms with Gasteiger partial charge in [-0.25, -0.2) is 0 Å². The maximum atomic E-state index is 10.6. The van der Waals surface area contributed by atoms with E-state index in [4.69, 9.17) is 5.73 Å². The molecule has 0 unspecified atom stereocenters. The summed E-state index contributed by atoms with van der Waals surface area (Å²) < 4.78 is 0. The van der Waals surface area contributed by atoms with Crippen molar-refractivity contribution in [2.75, 3.05) is 0 Å². The Bertz CT molecular complexity index is 414. The first-order valence-electron chi connectivity index (χ1n) is 3.95. The smallest absolute Gasteiger partial charge is 0.223 e. The van der Waals surface area contributed by atoms with Crippen molar-refractivity contribution in [1.82, 2.24) is 9.97 Å². The zero-order valence-corrected chi connectivity index (χ0v) is 6.95. The molecule has 0 radical (unpaired) electrons. The first kappa shape index (κ1) is 7.79. The summed E-state index contributed by atoms with van der Waals surface area (Å²) in [5.74, 6) is -0.334. The third-order valence-corrected chi connectivity index (χ3v) is 1.84. The second kappa shape index (κ2) is 2.90. The summed E-state index contributed by atoms with van der Waals surface area (Å²) in [5, 5.41) is 1.05. The number of fused-ring (bicyclic) bond motifs is 1. The number of aromatic nitrogens is 2. The summed E-state index contributed by atoms with van der Waals surface area (Å²) in [6, 6.07) is 3.79. The maximum absolute atomic E-state index is 10.6. The third kappa shape index (κ3) is 1.51. The minimum absolute atomic E-state index is 0.245. The molecule has 0 saturated carbocycles. The van der Waals surface area contributed by atoms with E-state index in [-0.39, 0.29) is 12.3 Å². The van der Waals surface area contributed by atoms with Gasteiger partial charge in [0.2, 0.25) is 5.91 Å². The Kier molecular flexibility index (Phi) is 1.73. The van der Waals surface area contributed by atoms with E-state index in [9.17, 15) is 4.79 Å². The Morgan fingerprint density at radius 2 is 2.46 bits per heavy atom. The van der Waals surface area contributed by atoms with Crippen LogP contribution in [0.2, 0.25) is 0 Å². The zero-order valence-electron chi connectivity index (χ0n) is 6.95. The van der Waals surface area contributed by atoms with Crippen LogP contribution in [0.1, 0.15) is 5.69 Å². The summed E-state index contributed by atoms with van der Waals surface area (Å²) in [5.41, 5.74) is 6.83. The van der Waals surface area contributed by atoms with Crippen molar-refractivity contribution in [3.63, 3.8) is 0 Å². The van der Waals surface area contributed by atoms with E-state index in [1.165, 1.54) is 0 Å². The van der Waals surface area contributed by atoms with Gasteiger partial charge >= 0.3 is 0 Å². The molecule has 0 aliphatic rings. The van der Waals surface area contributed by atoms with E-state index < -0.39 is 0 Å². The quantitative estimate of drug-likeness (QED) is 0.701. The highest BCUT2D eigenvalue weighted by molar-refractivity contribution is 5.82. The summed E-state index contributed by atoms with van der Waals surface area (Å²) in [4.78, 5) is 17.7. The lowest BCUT2D eigenvalue weighted by molar-refractivity contribution is -0.117. The molecule has 0 aliphatic heterocycles. The summed E-state index contributed by atoms with van der Waals surface area (Å²) in [6.07, 6.45) is 3.68. The van der Waals surface area contributed by atoms with Gasteiger partial charge in [-0.1, -0.05) is 0 Å². The van der Waals surface area contributed by atoms with Crippen molar-refractivity contribution in [2.24, 2.45) is 5.73 Å². The molecule has 4 nitrogen and oxygen atoms in total. The predicted octanol–water partition coefficient (Wildman–Crippen LogP) is 0.591. The van der Waals surface area contributed by atoms with Crippen LogP contribution in [-0.4, -0.2) is 15.9 Å². The highest BCUT2D eigenvalue weighted by Gasteiger charge is 2.02. The van der Waals surface area contributed by atoms with Crippen LogP contribution in [0.5, 0.6) is 0 Å². The molecule has 13 heavy (non-hydrogen) atoms. The lowest BCUT2D eigenvalue weighted by Crippen LogP contribution is -2.13. The molecule has 0 atom stereocenters. The van der Waals surface area contributed by atoms with E-state index in [1.807, 2.05) is 12.1 Å². The number of rotatable bonds is 2. The minimum Gasteiger partial charge on any atom is -0.369 e. The fourth-order valence-electron chi connectivity index (χ4n) is 1.32. The monoisotopic (exact) mass is 175 g/mol. The van der Waals surface area contributed by atoms with Gasteiger partial charge in [0.15, 0.2) is 0 Å². The Balaban J connectivity index is 2.44. The zero-order chi connectivity index (χ0) is 9.26. The number of hydrogen-bond acceptors (Lipinski definition) is 2. The first-order valence-corrected chi connectivity index (χ1v) is 3.95. The van der Waals surface area contributed by atoms with Gasteiger partial charge in [-0.2, -0.15) is 0 Å². The SMILES string of the molecule is NC(=O)Cc1cc2ccncc2[nH]1. The van der Waals surface area contributed by atoms with Crippen molar-refractivity contribution in [1.29, 1.82) is 0 Å². The molecule has 3 N–H and O–H groups in total. The van der Waals surface area contributed by atoms with Crippen LogP contribution >= 0.6 is 0 Å². The molecule has 2 aromatic heterocycles. The number of nitrogens with zero attached hydrogens (tertiary/aromatic N) is 1. The summed E-state index contributed by atoms with van der Waals surface area (Å²) in [7, 11) is 0. The minimum atomic E-state index is -0.334. The number of pyridine rings is 1. The highest BCUT2D eigenvalue weighted by Crippen LogP contribution is 2.13. The van der Waals surface area contributed by atoms with E-state index in [1.54, 1.807) is 12.4 Å². The average Bonchev–Trinajstić information content (AvgIpc) is 2.44. The molecule has 66 valence electrons. The lowest BCUT2D eigenvalue weighted by atomic mass is 10.2. The number of aromatic amines is 1. The molecule has 4 heteroatoms. The van der Waals surface area contributed by atoms with E-state index in [0.717, 1.165) is 16.6 Å². The lowest BCUT2D eigenvalue weighted by Gasteiger charge is -1.88. The van der Waals surface area contributed by atoms with Crippen molar-refractivity contribution < 1.29 is 4.79 Å². The summed E-state index contributed by atoms with van der Waals surface area (Å²) in [6.45, 7) is 0. The predicted molar refractivity (Wildman–Crippen MR) is 49.0 cm³/mol. The topological polar surface area (TPSA) is 71.8 Å². The van der Waals surface area contributed by atoms with Crippen LogP contribution in [0.15, 0.2) is 24.5 Å². The van der Waals surface area contributed by atoms with Gasteiger partial charge in [0.1, 0.15) is 0 Å². The number of carbonyl (C=O) groups excluding carboxylic acids is 1. The molecule has 0 spiro atoms. The molecule has 2 rings (SSSR count). The molecular formula is C9H9N3O. The Hall–Kier alpha value is -1.84. The number of H-pyrrole nitrogens is 1. The molecule has 0 aromatic carbocycles. The number of primary amides is 1. The fraction of sp³-hybridized carbons (Fsp3) is 0.111. The van der Waals surface area contributed by atoms with Crippen molar-refractivity contribution >= 4 is 16.8 Å². The third-order valence-electron chi connectivity index (χ3n) is 1.84. The number of nitrogens with two attached hydrogens (primary N) is 1. The van der Waals surface area contributed by atoms with E-state index in [2.05, 4.69) is 9.97 Å². The van der Waals surface area contributed by atoms with Crippen LogP contribution < -0.4 is 5.73 Å². The van der Waals surface area contributed by atoms with Crippen LogP contribution in [0.4, 0.5) is 0 Å². The maximum Gasteiger partial charge on any atom is 0.223 e. The van der Waals surface area contributed by atoms with E-state index in [0.29, 0.717) is 0 Å². The van der Waals surface area contributed by atoms with Gasteiger partial charge in [-0.05, 0) is 12.1 Å². The van der Waals surface area contributed by atoms with Crippen LogP contribution in [0, 0.1) is 0 Å². The molecule has 0 fully saturated rings. The van der Waals surface area contributed by atoms with Crippen LogP contribution in [0.3, 0.4) is 0 Å². The van der Waals surface area contributed by atoms with Gasteiger partial charge in [-0.15, -0.1) is 0 Å². The normalized spacial score (nSPS) is 10.5. The number of nitrogens with one attached hydrogen (secondary N) is 1. The molecule has 1 amide bonds. The highest BCUT2D eigenvalue weighted by atomic mass is 16.1. The fourth-order valence-corrected chi connectivity index (χ4v) is 1.32. The first-order chi connectivity index (χ1) is 6.25. The second-order valence-electron chi connectivity index (χ2n) is 2.90. The van der Waals surface area contributed by atoms with Crippen LogP contribution in [-0.2, 0) is 11.2 Å². The number of amides is 1. The van der Waals surface area contributed by atoms with Crippen molar-refractivity contribution in [3.8, 4) is 0 Å². The molecule has 0 aliphatic carbocycles. The van der Waals surface area contributed by atoms with E-state index >= 15 is 0 Å².